The summed E-state index contributed by atoms with van der Waals surface area (Å²) in [4.78, 5) is 10.9. The van der Waals surface area contributed by atoms with Crippen LogP contribution in [0.1, 0.15) is 22.3 Å². The van der Waals surface area contributed by atoms with Gasteiger partial charge in [0.25, 0.3) is 0 Å². The van der Waals surface area contributed by atoms with Gasteiger partial charge >= 0.3 is 5.97 Å². The maximum Gasteiger partial charge on any atom is 0.335 e. The van der Waals surface area contributed by atoms with Crippen LogP contribution >= 0.6 is 0 Å². The normalized spacial score (nSPS) is 11.8. The van der Waals surface area contributed by atoms with Crippen molar-refractivity contribution in [2.75, 3.05) is 12.4 Å². The third-order valence-electron chi connectivity index (χ3n) is 3.03. The van der Waals surface area contributed by atoms with Gasteiger partial charge in [-0.05, 0) is 36.2 Å². The van der Waals surface area contributed by atoms with Crippen LogP contribution in [-0.4, -0.2) is 27.6 Å². The molecule has 0 aliphatic rings. The lowest BCUT2D eigenvalue weighted by Gasteiger charge is -2.06. The van der Waals surface area contributed by atoms with Crippen LogP contribution in [0.3, 0.4) is 0 Å². The Labute approximate surface area is 132 Å². The third-order valence-corrected chi connectivity index (χ3v) is 4.43. The number of rotatable bonds is 8. The second-order valence-corrected chi connectivity index (χ2v) is 6.39. The van der Waals surface area contributed by atoms with Gasteiger partial charge in [0, 0.05) is 22.3 Å². The largest absolute Gasteiger partial charge is 0.494 e. The molecule has 0 aliphatic heterocycles. The minimum Gasteiger partial charge on any atom is -0.494 e. The number of para-hydroxylation sites is 1. The first-order valence-electron chi connectivity index (χ1n) is 7.00. The van der Waals surface area contributed by atoms with Crippen LogP contribution in [0.5, 0.6) is 5.75 Å². The molecule has 1 N–H and O–H groups in total. The Hall–Kier alpha value is -2.14. The lowest BCUT2D eigenvalue weighted by Crippen LogP contribution is -2.07. The standard InChI is InChI=1S/C17H18O4S/c18-17(19)15-7-4-6-14(12-15)13-22(20)11-5-10-21-16-8-2-1-3-9-16/h1-4,6-9,12H,5,10-11,13H2,(H,18,19). The lowest BCUT2D eigenvalue weighted by molar-refractivity contribution is 0.0696. The van der Waals surface area contributed by atoms with Crippen LogP contribution in [0.4, 0.5) is 0 Å². The number of benzene rings is 2. The van der Waals surface area contributed by atoms with Crippen molar-refractivity contribution in [1.29, 1.82) is 0 Å². The van der Waals surface area contributed by atoms with Crippen molar-refractivity contribution in [2.45, 2.75) is 12.2 Å². The molecule has 1 unspecified atom stereocenters. The Morgan fingerprint density at radius 1 is 1.09 bits per heavy atom. The summed E-state index contributed by atoms with van der Waals surface area (Å²) < 4.78 is 17.6. The fraction of sp³-hybridized carbons (Fsp3) is 0.235. The maximum absolute atomic E-state index is 12.0. The Balaban J connectivity index is 1.74. The average Bonchev–Trinajstić information content (AvgIpc) is 2.53. The summed E-state index contributed by atoms with van der Waals surface area (Å²) in [7, 11) is -1.02. The Kier molecular flexibility index (Phi) is 6.15. The number of carbonyl (C=O) groups is 1. The highest BCUT2D eigenvalue weighted by molar-refractivity contribution is 7.84. The minimum atomic E-state index is -1.02. The molecule has 116 valence electrons. The van der Waals surface area contributed by atoms with Crippen LogP contribution in [0.15, 0.2) is 54.6 Å². The average molecular weight is 318 g/mol. The summed E-state index contributed by atoms with van der Waals surface area (Å²) in [5, 5.41) is 8.93. The van der Waals surface area contributed by atoms with Gasteiger partial charge in [-0.2, -0.15) is 0 Å². The maximum atomic E-state index is 12.0. The van der Waals surface area contributed by atoms with E-state index in [4.69, 9.17) is 9.84 Å². The van der Waals surface area contributed by atoms with Crippen molar-refractivity contribution >= 4 is 16.8 Å². The molecule has 0 bridgehead atoms. The number of carboxylic acid groups (broad SMARTS) is 1. The molecule has 0 aromatic heterocycles. The number of carboxylic acids is 1. The molecule has 5 heteroatoms. The summed E-state index contributed by atoms with van der Waals surface area (Å²) in [5.74, 6) is 0.739. The van der Waals surface area contributed by atoms with E-state index in [-0.39, 0.29) is 5.56 Å². The molecular formula is C17H18O4S. The molecule has 0 spiro atoms. The summed E-state index contributed by atoms with van der Waals surface area (Å²) in [6, 6.07) is 16.1. The van der Waals surface area contributed by atoms with Crippen LogP contribution in [-0.2, 0) is 16.6 Å². The fourth-order valence-electron chi connectivity index (χ4n) is 1.98. The molecule has 0 saturated heterocycles. The van der Waals surface area contributed by atoms with E-state index in [0.717, 1.165) is 11.3 Å². The quantitative estimate of drug-likeness (QED) is 0.760. The van der Waals surface area contributed by atoms with Crippen molar-refractivity contribution < 1.29 is 18.8 Å². The van der Waals surface area contributed by atoms with Gasteiger partial charge in [0.1, 0.15) is 5.75 Å². The molecule has 22 heavy (non-hydrogen) atoms. The predicted octanol–water partition coefficient (Wildman–Crippen LogP) is 3.10. The van der Waals surface area contributed by atoms with Gasteiger partial charge in [-0.15, -0.1) is 0 Å². The van der Waals surface area contributed by atoms with Gasteiger partial charge in [0.05, 0.1) is 12.2 Å². The smallest absolute Gasteiger partial charge is 0.335 e. The van der Waals surface area contributed by atoms with Gasteiger partial charge in [0.15, 0.2) is 0 Å². The zero-order valence-corrected chi connectivity index (χ0v) is 12.9. The lowest BCUT2D eigenvalue weighted by atomic mass is 10.1. The van der Waals surface area contributed by atoms with Crippen LogP contribution in [0.2, 0.25) is 0 Å². The monoisotopic (exact) mass is 318 g/mol. The van der Waals surface area contributed by atoms with E-state index < -0.39 is 16.8 Å². The molecule has 0 amide bonds. The molecule has 1 atom stereocenters. The highest BCUT2D eigenvalue weighted by Crippen LogP contribution is 2.10. The first kappa shape index (κ1) is 16.2. The molecule has 0 radical (unpaired) electrons. The fourth-order valence-corrected chi connectivity index (χ4v) is 3.11. The number of aromatic carboxylic acids is 1. The van der Waals surface area contributed by atoms with E-state index in [9.17, 15) is 9.00 Å². The Bertz CT molecular complexity index is 640. The molecule has 0 fully saturated rings. The van der Waals surface area contributed by atoms with Gasteiger partial charge in [0.2, 0.25) is 0 Å². The first-order chi connectivity index (χ1) is 10.6. The molecule has 2 aromatic rings. The second-order valence-electron chi connectivity index (χ2n) is 4.81. The molecule has 0 saturated carbocycles. The zero-order valence-electron chi connectivity index (χ0n) is 12.1. The van der Waals surface area contributed by atoms with Crippen LogP contribution in [0, 0.1) is 0 Å². The van der Waals surface area contributed by atoms with E-state index in [1.165, 1.54) is 6.07 Å². The summed E-state index contributed by atoms with van der Waals surface area (Å²) >= 11 is 0. The molecule has 2 aromatic carbocycles. The van der Waals surface area contributed by atoms with Gasteiger partial charge in [-0.3, -0.25) is 4.21 Å². The van der Waals surface area contributed by atoms with Crippen molar-refractivity contribution in [3.05, 3.63) is 65.7 Å². The molecule has 2 rings (SSSR count). The summed E-state index contributed by atoms with van der Waals surface area (Å²) in [6.07, 6.45) is 0.695. The molecule has 0 heterocycles. The minimum absolute atomic E-state index is 0.224. The number of hydrogen-bond acceptors (Lipinski definition) is 3. The van der Waals surface area contributed by atoms with Crippen molar-refractivity contribution in [1.82, 2.24) is 0 Å². The Morgan fingerprint density at radius 3 is 2.59 bits per heavy atom. The van der Waals surface area contributed by atoms with E-state index in [1.807, 2.05) is 30.3 Å². The summed E-state index contributed by atoms with van der Waals surface area (Å²) in [6.45, 7) is 0.519. The van der Waals surface area contributed by atoms with Gasteiger partial charge in [-0.1, -0.05) is 30.3 Å². The SMILES string of the molecule is O=C(O)c1cccc(CS(=O)CCCOc2ccccc2)c1. The zero-order chi connectivity index (χ0) is 15.8. The second kappa shape index (κ2) is 8.34. The van der Waals surface area contributed by atoms with E-state index >= 15 is 0 Å². The third kappa shape index (κ3) is 5.33. The first-order valence-corrected chi connectivity index (χ1v) is 8.49. The van der Waals surface area contributed by atoms with Gasteiger partial charge < -0.3 is 9.84 Å². The van der Waals surface area contributed by atoms with Gasteiger partial charge in [-0.25, -0.2) is 4.79 Å². The van der Waals surface area contributed by atoms with Crippen molar-refractivity contribution in [2.24, 2.45) is 0 Å². The predicted molar refractivity (Wildman–Crippen MR) is 86.7 cm³/mol. The van der Waals surface area contributed by atoms with Crippen molar-refractivity contribution in [3.63, 3.8) is 0 Å². The molecule has 4 nitrogen and oxygen atoms in total. The van der Waals surface area contributed by atoms with E-state index in [0.29, 0.717) is 24.5 Å². The summed E-state index contributed by atoms with van der Waals surface area (Å²) in [5.41, 5.74) is 1.00. The van der Waals surface area contributed by atoms with Crippen molar-refractivity contribution in [3.8, 4) is 5.75 Å². The Morgan fingerprint density at radius 2 is 1.86 bits per heavy atom. The highest BCUT2D eigenvalue weighted by atomic mass is 32.2. The number of ether oxygens (including phenoxy) is 1. The number of hydrogen-bond donors (Lipinski definition) is 1. The molecule has 0 aliphatic carbocycles. The highest BCUT2D eigenvalue weighted by Gasteiger charge is 2.06. The van der Waals surface area contributed by atoms with E-state index in [1.54, 1.807) is 18.2 Å². The topological polar surface area (TPSA) is 63.6 Å². The molecular weight excluding hydrogens is 300 g/mol. The van der Waals surface area contributed by atoms with Crippen LogP contribution in [0.25, 0.3) is 0 Å². The van der Waals surface area contributed by atoms with Crippen LogP contribution < -0.4 is 4.74 Å². The van der Waals surface area contributed by atoms with E-state index in [2.05, 4.69) is 0 Å².